The van der Waals surface area contributed by atoms with Crippen LogP contribution in [0.2, 0.25) is 0 Å². The molecule has 2 N–H and O–H groups in total. The van der Waals surface area contributed by atoms with Crippen molar-refractivity contribution in [3.63, 3.8) is 0 Å². The molecule has 0 unspecified atom stereocenters. The summed E-state index contributed by atoms with van der Waals surface area (Å²) in [6.07, 6.45) is 3.24. The van der Waals surface area contributed by atoms with Gasteiger partial charge in [0.2, 0.25) is 0 Å². The minimum Gasteiger partial charge on any atom is -0.457 e. The van der Waals surface area contributed by atoms with Crippen LogP contribution in [-0.2, 0) is 6.54 Å². The van der Waals surface area contributed by atoms with Crippen molar-refractivity contribution < 1.29 is 9.53 Å². The molecule has 1 atom stereocenters. The number of likely N-dealkylation sites (tertiary alicyclic amines) is 1. The Bertz CT molecular complexity index is 1760. The molecule has 2 fully saturated rings. The molecule has 230 valence electrons. The van der Waals surface area contributed by atoms with Crippen LogP contribution in [0.3, 0.4) is 0 Å². The van der Waals surface area contributed by atoms with Gasteiger partial charge in [-0.25, -0.2) is 14.6 Å². The van der Waals surface area contributed by atoms with E-state index in [9.17, 15) is 4.79 Å². The van der Waals surface area contributed by atoms with Crippen molar-refractivity contribution in [3.8, 4) is 22.8 Å². The number of piperazine rings is 1. The topological polar surface area (TPSA) is 106 Å². The lowest BCUT2D eigenvalue weighted by Gasteiger charge is -2.33. The van der Waals surface area contributed by atoms with Crippen molar-refractivity contribution in [2.75, 3.05) is 52.0 Å². The lowest BCUT2D eigenvalue weighted by molar-refractivity contribution is 0.0675. The van der Waals surface area contributed by atoms with Crippen LogP contribution >= 0.6 is 0 Å². The van der Waals surface area contributed by atoms with Gasteiger partial charge >= 0.3 is 0 Å². The Morgan fingerprint density at radius 1 is 0.889 bits per heavy atom. The number of para-hydroxylation sites is 1. The van der Waals surface area contributed by atoms with Gasteiger partial charge in [0.25, 0.3) is 5.91 Å². The number of aromatic nitrogens is 4. The first-order valence-electron chi connectivity index (χ1n) is 15.6. The van der Waals surface area contributed by atoms with Crippen LogP contribution in [0.4, 0.5) is 5.82 Å². The predicted molar refractivity (Wildman–Crippen MR) is 175 cm³/mol. The smallest absolute Gasteiger partial charge is 0.253 e. The number of nitrogens with zero attached hydrogens (tertiary/aromatic N) is 7. The molecule has 2 aliphatic heterocycles. The highest BCUT2D eigenvalue weighted by Gasteiger charge is 2.29. The number of likely N-dealkylation sites (N-methyl/N-ethyl adjacent to an activating group) is 1. The number of anilines is 1. The summed E-state index contributed by atoms with van der Waals surface area (Å²) < 4.78 is 7.92. The fourth-order valence-corrected chi connectivity index (χ4v) is 6.30. The van der Waals surface area contributed by atoms with Gasteiger partial charge in [-0.2, -0.15) is 5.10 Å². The summed E-state index contributed by atoms with van der Waals surface area (Å²) in [7, 11) is 2.17. The lowest BCUT2D eigenvalue weighted by atomic mass is 10.0. The molecule has 4 heterocycles. The monoisotopic (exact) mass is 602 g/mol. The number of carbonyl (C=O) groups excluding carboxylic acids is 1. The minimum atomic E-state index is -0.0366. The molecule has 0 bridgehead atoms. The molecule has 2 aliphatic rings. The van der Waals surface area contributed by atoms with Gasteiger partial charge in [0.05, 0.1) is 11.4 Å². The van der Waals surface area contributed by atoms with Gasteiger partial charge in [-0.05, 0) is 74.0 Å². The molecule has 7 rings (SSSR count). The fraction of sp³-hybridized carbons (Fsp3) is 0.314. The molecule has 3 aromatic carbocycles. The highest BCUT2D eigenvalue weighted by Crippen LogP contribution is 2.35. The van der Waals surface area contributed by atoms with Crippen molar-refractivity contribution in [3.05, 3.63) is 96.3 Å². The van der Waals surface area contributed by atoms with Crippen LogP contribution in [0.25, 0.3) is 22.3 Å². The number of benzene rings is 3. The number of hydrogen-bond acceptors (Lipinski definition) is 8. The van der Waals surface area contributed by atoms with Crippen LogP contribution in [0.5, 0.6) is 11.5 Å². The summed E-state index contributed by atoms with van der Waals surface area (Å²) >= 11 is 0. The van der Waals surface area contributed by atoms with E-state index in [0.717, 1.165) is 62.6 Å². The number of hydrogen-bond donors (Lipinski definition) is 1. The van der Waals surface area contributed by atoms with E-state index in [2.05, 4.69) is 38.9 Å². The lowest BCUT2D eigenvalue weighted by Crippen LogP contribution is -2.43. The Hall–Kier alpha value is -4.80. The molecule has 5 aromatic rings. The molecule has 2 saturated heterocycles. The summed E-state index contributed by atoms with van der Waals surface area (Å²) in [5, 5.41) is 5.76. The quantitative estimate of drug-likeness (QED) is 0.275. The van der Waals surface area contributed by atoms with E-state index >= 15 is 0 Å². The van der Waals surface area contributed by atoms with Gasteiger partial charge in [-0.1, -0.05) is 30.3 Å². The molecule has 1 amide bonds. The molecule has 0 saturated carbocycles. The van der Waals surface area contributed by atoms with Gasteiger partial charge in [0, 0.05) is 56.9 Å². The number of rotatable bonds is 7. The number of ether oxygens (including phenoxy) is 1. The van der Waals surface area contributed by atoms with E-state index in [1.807, 2.05) is 76.3 Å². The Labute approximate surface area is 263 Å². The molecule has 45 heavy (non-hydrogen) atoms. The first-order chi connectivity index (χ1) is 22.0. The molecule has 10 heteroatoms. The second kappa shape index (κ2) is 12.7. The van der Waals surface area contributed by atoms with Crippen molar-refractivity contribution in [1.29, 1.82) is 0 Å². The number of fused-ring (bicyclic) bond motifs is 1. The van der Waals surface area contributed by atoms with E-state index in [4.69, 9.17) is 15.6 Å². The van der Waals surface area contributed by atoms with Gasteiger partial charge in [0.15, 0.2) is 5.65 Å². The summed E-state index contributed by atoms with van der Waals surface area (Å²) in [6.45, 7) is 6.50. The molecule has 10 nitrogen and oxygen atoms in total. The Kier molecular flexibility index (Phi) is 8.15. The Morgan fingerprint density at radius 2 is 1.62 bits per heavy atom. The summed E-state index contributed by atoms with van der Waals surface area (Å²) in [6, 6.07) is 25.6. The standard InChI is InChI=1S/C35H38N8O2/c1-40-18-20-41(21-19-40)22-25-9-11-27(12-10-25)35(44)42-17-5-6-28(23-42)43-34-31(33(36)37-24-38-34)32(39-43)26-13-15-30(16-14-26)45-29-7-3-2-4-8-29/h2-4,7-16,24,28H,5-6,17-23H2,1H3,(H2,36,37,38)/t28-/m1/s1. The molecular weight excluding hydrogens is 564 g/mol. The maximum Gasteiger partial charge on any atom is 0.253 e. The Morgan fingerprint density at radius 3 is 2.38 bits per heavy atom. The van der Waals surface area contributed by atoms with Gasteiger partial charge < -0.3 is 20.3 Å². The van der Waals surface area contributed by atoms with E-state index in [1.54, 1.807) is 0 Å². The highest BCUT2D eigenvalue weighted by atomic mass is 16.5. The fourth-order valence-electron chi connectivity index (χ4n) is 6.30. The van der Waals surface area contributed by atoms with E-state index in [-0.39, 0.29) is 11.9 Å². The minimum absolute atomic E-state index is 0.0366. The first-order valence-corrected chi connectivity index (χ1v) is 15.6. The van der Waals surface area contributed by atoms with Gasteiger partial charge in [0.1, 0.15) is 29.3 Å². The number of amides is 1. The average Bonchev–Trinajstić information content (AvgIpc) is 3.48. The van der Waals surface area contributed by atoms with Crippen LogP contribution in [0.1, 0.15) is 34.8 Å². The number of piperidine rings is 1. The summed E-state index contributed by atoms with van der Waals surface area (Å²) in [4.78, 5) is 29.3. The molecule has 2 aromatic heterocycles. The van der Waals surface area contributed by atoms with E-state index in [0.29, 0.717) is 41.2 Å². The zero-order valence-electron chi connectivity index (χ0n) is 25.5. The predicted octanol–water partition coefficient (Wildman–Crippen LogP) is 5.09. The second-order valence-electron chi connectivity index (χ2n) is 12.0. The zero-order valence-corrected chi connectivity index (χ0v) is 25.5. The van der Waals surface area contributed by atoms with Crippen molar-refractivity contribution in [2.45, 2.75) is 25.4 Å². The molecule has 0 spiro atoms. The number of carbonyl (C=O) groups is 1. The van der Waals surface area contributed by atoms with E-state index in [1.165, 1.54) is 11.9 Å². The SMILES string of the molecule is CN1CCN(Cc2ccc(C(=O)N3CCC[C@@H](n4nc(-c5ccc(Oc6ccccc6)cc5)c5c(N)ncnc54)C3)cc2)CC1. The molecule has 0 radical (unpaired) electrons. The first kappa shape index (κ1) is 28.9. The van der Waals surface area contributed by atoms with Crippen LogP contribution < -0.4 is 10.5 Å². The maximum absolute atomic E-state index is 13.6. The maximum atomic E-state index is 13.6. The van der Waals surface area contributed by atoms with Crippen molar-refractivity contribution in [1.82, 2.24) is 34.4 Å². The second-order valence-corrected chi connectivity index (χ2v) is 12.0. The normalized spacial score (nSPS) is 17.9. The average molecular weight is 603 g/mol. The van der Waals surface area contributed by atoms with E-state index < -0.39 is 0 Å². The number of nitrogen functional groups attached to an aromatic ring is 1. The third kappa shape index (κ3) is 6.25. The number of nitrogens with two attached hydrogens (primary N) is 1. The zero-order chi connectivity index (χ0) is 30.8. The van der Waals surface area contributed by atoms with Crippen LogP contribution in [-0.4, -0.2) is 86.7 Å². The Balaban J connectivity index is 1.09. The highest BCUT2D eigenvalue weighted by molar-refractivity contribution is 5.98. The van der Waals surface area contributed by atoms with Crippen LogP contribution in [0.15, 0.2) is 85.2 Å². The third-order valence-corrected chi connectivity index (χ3v) is 8.86. The summed E-state index contributed by atoms with van der Waals surface area (Å²) in [5.74, 6) is 1.93. The molecule has 0 aliphatic carbocycles. The largest absolute Gasteiger partial charge is 0.457 e. The third-order valence-electron chi connectivity index (χ3n) is 8.86. The molecular formula is C35H38N8O2. The summed E-state index contributed by atoms with van der Waals surface area (Å²) in [5.41, 5.74) is 10.6. The van der Waals surface area contributed by atoms with Crippen molar-refractivity contribution >= 4 is 22.8 Å². The van der Waals surface area contributed by atoms with Gasteiger partial charge in [-0.3, -0.25) is 9.69 Å². The van der Waals surface area contributed by atoms with Gasteiger partial charge in [-0.15, -0.1) is 0 Å². The van der Waals surface area contributed by atoms with Crippen molar-refractivity contribution in [2.24, 2.45) is 0 Å². The van der Waals surface area contributed by atoms with Crippen LogP contribution in [0, 0.1) is 0 Å².